The quantitative estimate of drug-likeness (QED) is 0.879. The molecule has 1 aliphatic rings. The van der Waals surface area contributed by atoms with Crippen LogP contribution >= 0.6 is 11.6 Å². The highest BCUT2D eigenvalue weighted by Crippen LogP contribution is 2.26. The van der Waals surface area contributed by atoms with Crippen molar-refractivity contribution >= 4 is 23.4 Å². The van der Waals surface area contributed by atoms with Gasteiger partial charge >= 0.3 is 0 Å². The van der Waals surface area contributed by atoms with Crippen LogP contribution in [0.3, 0.4) is 0 Å². The summed E-state index contributed by atoms with van der Waals surface area (Å²) in [6.45, 7) is 4.12. The van der Waals surface area contributed by atoms with Crippen LogP contribution in [0.5, 0.6) is 0 Å². The van der Waals surface area contributed by atoms with Gasteiger partial charge in [0.05, 0.1) is 12.8 Å². The summed E-state index contributed by atoms with van der Waals surface area (Å²) < 4.78 is 5.46. The minimum atomic E-state index is 0.714. The fourth-order valence-electron chi connectivity index (χ4n) is 2.49. The molecule has 112 valence electrons. The second-order valence-corrected chi connectivity index (χ2v) is 5.73. The van der Waals surface area contributed by atoms with Gasteiger partial charge in [0, 0.05) is 28.0 Å². The van der Waals surface area contributed by atoms with E-state index in [9.17, 15) is 0 Å². The molecule has 2 aromatic rings. The van der Waals surface area contributed by atoms with Crippen LogP contribution in [0.15, 0.2) is 52.9 Å². The second-order valence-electron chi connectivity index (χ2n) is 5.30. The lowest BCUT2D eigenvalue weighted by Gasteiger charge is -2.01. The number of aliphatic imine (C=N–C) groups is 1. The van der Waals surface area contributed by atoms with Gasteiger partial charge in [-0.2, -0.15) is 0 Å². The normalized spacial score (nSPS) is 15.9. The van der Waals surface area contributed by atoms with Crippen LogP contribution in [-0.2, 0) is 4.74 Å². The molecule has 0 spiro atoms. The third-order valence-corrected chi connectivity index (χ3v) is 3.84. The van der Waals surface area contributed by atoms with E-state index >= 15 is 0 Å². The third kappa shape index (κ3) is 2.85. The van der Waals surface area contributed by atoms with Crippen molar-refractivity contribution in [3.8, 4) is 0 Å². The summed E-state index contributed by atoms with van der Waals surface area (Å²) in [5.41, 5.74) is 6.08. The number of aryl methyl sites for hydroxylation is 2. The lowest BCUT2D eigenvalue weighted by molar-refractivity contribution is 0.303. The lowest BCUT2D eigenvalue weighted by atomic mass is 10.1. The van der Waals surface area contributed by atoms with Gasteiger partial charge < -0.3 is 9.72 Å². The number of ether oxygens (including phenoxy) is 1. The Kier molecular flexibility index (Phi) is 3.90. The van der Waals surface area contributed by atoms with Crippen molar-refractivity contribution in [3.05, 3.63) is 75.4 Å². The number of nitrogens with zero attached hydrogens (tertiary/aromatic N) is 1. The number of H-pyrrole nitrogens is 1. The predicted molar refractivity (Wildman–Crippen MR) is 91.3 cm³/mol. The fraction of sp³-hybridized carbons (Fsp3) is 0.167. The first-order valence-corrected chi connectivity index (χ1v) is 7.43. The topological polar surface area (TPSA) is 37.4 Å². The number of halogens is 1. The van der Waals surface area contributed by atoms with Gasteiger partial charge in [0.15, 0.2) is 0 Å². The fourth-order valence-corrected chi connectivity index (χ4v) is 2.61. The summed E-state index contributed by atoms with van der Waals surface area (Å²) in [7, 11) is 1.66. The van der Waals surface area contributed by atoms with E-state index < -0.39 is 0 Å². The SMILES string of the molecule is COC1=CC(c2ccc(Cl)cc2)=N/C1=C\c1[nH]c(C)cc1C. The molecule has 3 rings (SSSR count). The molecule has 22 heavy (non-hydrogen) atoms. The Labute approximate surface area is 135 Å². The van der Waals surface area contributed by atoms with E-state index in [0.717, 1.165) is 34.1 Å². The number of hydrogen-bond acceptors (Lipinski definition) is 2. The van der Waals surface area contributed by atoms with Gasteiger partial charge in [-0.25, -0.2) is 4.99 Å². The molecule has 4 heteroatoms. The summed E-state index contributed by atoms with van der Waals surface area (Å²) in [6, 6.07) is 9.75. The van der Waals surface area contributed by atoms with E-state index in [2.05, 4.69) is 23.0 Å². The lowest BCUT2D eigenvalue weighted by Crippen LogP contribution is -1.92. The number of methoxy groups -OCH3 is 1. The van der Waals surface area contributed by atoms with E-state index in [1.165, 1.54) is 5.56 Å². The van der Waals surface area contributed by atoms with E-state index in [1.54, 1.807) is 7.11 Å². The highest BCUT2D eigenvalue weighted by Gasteiger charge is 2.17. The van der Waals surface area contributed by atoms with Crippen molar-refractivity contribution < 1.29 is 4.74 Å². The Morgan fingerprint density at radius 1 is 1.18 bits per heavy atom. The number of nitrogens with one attached hydrogen (secondary N) is 1. The summed E-state index contributed by atoms with van der Waals surface area (Å²) in [5, 5.41) is 0.714. The number of allylic oxidation sites excluding steroid dienone is 1. The molecular formula is C18H17ClN2O. The monoisotopic (exact) mass is 312 g/mol. The van der Waals surface area contributed by atoms with Gasteiger partial charge in [-0.15, -0.1) is 0 Å². The van der Waals surface area contributed by atoms with Crippen LogP contribution in [0.25, 0.3) is 6.08 Å². The Balaban J connectivity index is 2.00. The van der Waals surface area contributed by atoms with Gasteiger partial charge in [-0.05, 0) is 43.7 Å². The molecule has 0 atom stereocenters. The average molecular weight is 313 g/mol. The van der Waals surface area contributed by atoms with Gasteiger partial charge in [-0.3, -0.25) is 0 Å². The third-order valence-electron chi connectivity index (χ3n) is 3.59. The minimum Gasteiger partial charge on any atom is -0.494 e. The molecule has 0 amide bonds. The van der Waals surface area contributed by atoms with Crippen molar-refractivity contribution in [2.45, 2.75) is 13.8 Å². The van der Waals surface area contributed by atoms with Crippen molar-refractivity contribution in [2.24, 2.45) is 4.99 Å². The maximum absolute atomic E-state index is 5.93. The molecule has 0 radical (unpaired) electrons. The summed E-state index contributed by atoms with van der Waals surface area (Å²) >= 11 is 5.93. The average Bonchev–Trinajstić information content (AvgIpc) is 3.03. The van der Waals surface area contributed by atoms with Gasteiger partial charge in [0.25, 0.3) is 0 Å². The molecule has 1 aromatic heterocycles. The summed E-state index contributed by atoms with van der Waals surface area (Å²) in [5.74, 6) is 0.761. The van der Waals surface area contributed by atoms with E-state index in [-0.39, 0.29) is 0 Å². The Bertz CT molecular complexity index is 795. The second kappa shape index (κ2) is 5.85. The van der Waals surface area contributed by atoms with Crippen LogP contribution in [0.4, 0.5) is 0 Å². The Hall–Kier alpha value is -2.26. The standard InChI is InChI=1S/C18H17ClN2O/c1-11-8-12(2)20-15(11)9-17-18(22-3)10-16(21-17)13-4-6-14(19)7-5-13/h4-10,20H,1-3H3/b17-9-. The molecule has 0 bridgehead atoms. The van der Waals surface area contributed by atoms with E-state index in [4.69, 9.17) is 16.3 Å². The van der Waals surface area contributed by atoms with E-state index in [0.29, 0.717) is 5.02 Å². The molecule has 1 N–H and O–H groups in total. The molecule has 0 saturated heterocycles. The molecule has 2 heterocycles. The van der Waals surface area contributed by atoms with Crippen molar-refractivity contribution in [3.63, 3.8) is 0 Å². The van der Waals surface area contributed by atoms with Gasteiger partial charge in [0.1, 0.15) is 11.5 Å². The zero-order chi connectivity index (χ0) is 15.7. The first kappa shape index (κ1) is 14.7. The Morgan fingerprint density at radius 2 is 1.91 bits per heavy atom. The molecule has 0 aliphatic carbocycles. The van der Waals surface area contributed by atoms with Crippen LogP contribution in [0, 0.1) is 13.8 Å². The molecular weight excluding hydrogens is 296 g/mol. The molecule has 0 fully saturated rings. The number of rotatable bonds is 3. The summed E-state index contributed by atoms with van der Waals surface area (Å²) in [4.78, 5) is 8.02. The first-order valence-electron chi connectivity index (χ1n) is 7.05. The first-order chi connectivity index (χ1) is 10.6. The number of aromatic amines is 1. The van der Waals surface area contributed by atoms with Crippen molar-refractivity contribution in [2.75, 3.05) is 7.11 Å². The van der Waals surface area contributed by atoms with Crippen LogP contribution in [0.1, 0.15) is 22.5 Å². The van der Waals surface area contributed by atoms with Crippen LogP contribution in [-0.4, -0.2) is 17.8 Å². The van der Waals surface area contributed by atoms with Crippen molar-refractivity contribution in [1.82, 2.24) is 4.98 Å². The molecule has 0 saturated carbocycles. The van der Waals surface area contributed by atoms with E-state index in [1.807, 2.05) is 43.3 Å². The summed E-state index contributed by atoms with van der Waals surface area (Å²) in [6.07, 6.45) is 3.96. The van der Waals surface area contributed by atoms with Crippen LogP contribution in [0.2, 0.25) is 5.02 Å². The maximum Gasteiger partial charge on any atom is 0.146 e. The smallest absolute Gasteiger partial charge is 0.146 e. The molecule has 1 aromatic carbocycles. The molecule has 0 unspecified atom stereocenters. The number of benzene rings is 1. The number of hydrogen-bond donors (Lipinski definition) is 1. The molecule has 1 aliphatic heterocycles. The Morgan fingerprint density at radius 3 is 2.50 bits per heavy atom. The van der Waals surface area contributed by atoms with Crippen LogP contribution < -0.4 is 0 Å². The largest absolute Gasteiger partial charge is 0.494 e. The number of aromatic nitrogens is 1. The zero-order valence-electron chi connectivity index (χ0n) is 12.8. The predicted octanol–water partition coefficient (Wildman–Crippen LogP) is 4.66. The van der Waals surface area contributed by atoms with Crippen molar-refractivity contribution in [1.29, 1.82) is 0 Å². The maximum atomic E-state index is 5.93. The highest BCUT2D eigenvalue weighted by molar-refractivity contribution is 6.30. The zero-order valence-corrected chi connectivity index (χ0v) is 13.5. The minimum absolute atomic E-state index is 0.714. The molecule has 3 nitrogen and oxygen atoms in total. The highest BCUT2D eigenvalue weighted by atomic mass is 35.5. The van der Waals surface area contributed by atoms with Gasteiger partial charge in [0.2, 0.25) is 0 Å². The van der Waals surface area contributed by atoms with Gasteiger partial charge in [-0.1, -0.05) is 23.7 Å².